The fraction of sp³-hybridized carbons (Fsp3) is 0.333. The maximum atomic E-state index is 2.36. The number of hydrogen-bond donors (Lipinski definition) is 0. The first-order chi connectivity index (χ1) is 17.6. The van der Waals surface area contributed by atoms with Crippen LogP contribution < -0.4 is 0 Å². The van der Waals surface area contributed by atoms with Crippen molar-refractivity contribution in [2.75, 3.05) is 0 Å². The van der Waals surface area contributed by atoms with Gasteiger partial charge in [-0.2, -0.15) is 0 Å². The Balaban J connectivity index is 0.000000201. The van der Waals surface area contributed by atoms with E-state index in [2.05, 4.69) is 137 Å². The molecule has 0 radical (unpaired) electrons. The molecule has 0 bridgehead atoms. The molecule has 0 saturated heterocycles. The van der Waals surface area contributed by atoms with Crippen molar-refractivity contribution in [3.63, 3.8) is 0 Å². The highest BCUT2D eigenvalue weighted by Gasteiger charge is 2.13. The Hall–Kier alpha value is -3.12. The quantitative estimate of drug-likeness (QED) is 0.213. The smallest absolute Gasteiger partial charge is 0.0184 e. The van der Waals surface area contributed by atoms with Gasteiger partial charge in [-0.1, -0.05) is 150 Å². The van der Waals surface area contributed by atoms with Crippen molar-refractivity contribution in [3.05, 3.63) is 131 Å². The molecule has 0 nitrogen and oxygen atoms in total. The van der Waals surface area contributed by atoms with Crippen molar-refractivity contribution in [1.82, 2.24) is 0 Å². The lowest BCUT2D eigenvalue weighted by molar-refractivity contribution is 0.383. The average molecular weight is 477 g/mol. The second-order valence-electron chi connectivity index (χ2n) is 10.2. The third kappa shape index (κ3) is 9.15. The highest BCUT2D eigenvalue weighted by atomic mass is 14.2. The number of rotatable bonds is 10. The maximum absolute atomic E-state index is 2.36. The molecule has 0 aliphatic heterocycles. The SMILES string of the molecule is CC(Cc1ccccc1)C(C)Cc1ccccc1.CCCc1ccc(-c2ccc(CCC)cc2)cc1. The highest BCUT2D eigenvalue weighted by molar-refractivity contribution is 5.64. The van der Waals surface area contributed by atoms with Gasteiger partial charge < -0.3 is 0 Å². The molecule has 0 fully saturated rings. The summed E-state index contributed by atoms with van der Waals surface area (Å²) in [4.78, 5) is 0. The minimum absolute atomic E-state index is 0.715. The summed E-state index contributed by atoms with van der Waals surface area (Å²) in [5, 5.41) is 0. The van der Waals surface area contributed by atoms with Gasteiger partial charge in [0.25, 0.3) is 0 Å². The number of aryl methyl sites for hydroxylation is 2. The lowest BCUT2D eigenvalue weighted by Crippen LogP contribution is -2.13. The van der Waals surface area contributed by atoms with Crippen LogP contribution in [0.1, 0.15) is 62.8 Å². The molecule has 0 aromatic heterocycles. The first-order valence-corrected chi connectivity index (χ1v) is 13.8. The van der Waals surface area contributed by atoms with Gasteiger partial charge in [-0.25, -0.2) is 0 Å². The van der Waals surface area contributed by atoms with Gasteiger partial charge in [0.2, 0.25) is 0 Å². The average Bonchev–Trinajstić information content (AvgIpc) is 2.91. The molecule has 4 rings (SSSR count). The van der Waals surface area contributed by atoms with Gasteiger partial charge in [0.1, 0.15) is 0 Å². The van der Waals surface area contributed by atoms with E-state index in [1.165, 1.54) is 71.9 Å². The van der Waals surface area contributed by atoms with E-state index in [4.69, 9.17) is 0 Å². The highest BCUT2D eigenvalue weighted by Crippen LogP contribution is 2.22. The van der Waals surface area contributed by atoms with Gasteiger partial charge in [-0.3, -0.25) is 0 Å². The Morgan fingerprint density at radius 1 is 0.417 bits per heavy atom. The molecule has 0 aliphatic carbocycles. The van der Waals surface area contributed by atoms with Crippen LogP contribution >= 0.6 is 0 Å². The van der Waals surface area contributed by atoms with E-state index in [0.717, 1.165) is 0 Å². The maximum Gasteiger partial charge on any atom is -0.0184 e. The second kappa shape index (κ2) is 15.1. The van der Waals surface area contributed by atoms with Crippen LogP contribution in [0, 0.1) is 11.8 Å². The fourth-order valence-electron chi connectivity index (χ4n) is 4.68. The Labute approximate surface area is 220 Å². The zero-order valence-electron chi connectivity index (χ0n) is 22.8. The zero-order chi connectivity index (χ0) is 25.6. The topological polar surface area (TPSA) is 0 Å². The molecular weight excluding hydrogens is 432 g/mol. The fourth-order valence-corrected chi connectivity index (χ4v) is 4.68. The molecule has 0 saturated carbocycles. The molecule has 4 aromatic carbocycles. The minimum atomic E-state index is 0.715. The summed E-state index contributed by atoms with van der Waals surface area (Å²) in [6, 6.07) is 39.5. The summed E-state index contributed by atoms with van der Waals surface area (Å²) in [7, 11) is 0. The third-order valence-electron chi connectivity index (χ3n) is 7.09. The Bertz CT molecular complexity index is 999. The molecule has 0 heterocycles. The van der Waals surface area contributed by atoms with E-state index in [1.807, 2.05) is 0 Å². The van der Waals surface area contributed by atoms with Crippen molar-refractivity contribution < 1.29 is 0 Å². The molecule has 2 atom stereocenters. The molecule has 0 heteroatoms. The Morgan fingerprint density at radius 3 is 1.06 bits per heavy atom. The van der Waals surface area contributed by atoms with Gasteiger partial charge >= 0.3 is 0 Å². The van der Waals surface area contributed by atoms with E-state index in [9.17, 15) is 0 Å². The van der Waals surface area contributed by atoms with Crippen molar-refractivity contribution in [3.8, 4) is 11.1 Å². The van der Waals surface area contributed by atoms with Crippen molar-refractivity contribution in [2.24, 2.45) is 11.8 Å². The minimum Gasteiger partial charge on any atom is -0.0651 e. The normalized spacial score (nSPS) is 12.3. The molecule has 0 N–H and O–H groups in total. The summed E-state index contributed by atoms with van der Waals surface area (Å²) in [5.74, 6) is 1.43. The Morgan fingerprint density at radius 2 is 0.750 bits per heavy atom. The Kier molecular flexibility index (Phi) is 11.5. The van der Waals surface area contributed by atoms with Crippen molar-refractivity contribution in [1.29, 1.82) is 0 Å². The first-order valence-electron chi connectivity index (χ1n) is 13.8. The van der Waals surface area contributed by atoms with E-state index in [1.54, 1.807) is 0 Å². The van der Waals surface area contributed by atoms with Crippen LogP contribution in [0.2, 0.25) is 0 Å². The van der Waals surface area contributed by atoms with Crippen LogP contribution in [-0.2, 0) is 25.7 Å². The number of benzene rings is 4. The van der Waals surface area contributed by atoms with Gasteiger partial charge in [-0.15, -0.1) is 0 Å². The second-order valence-corrected chi connectivity index (χ2v) is 10.2. The largest absolute Gasteiger partial charge is 0.0651 e. The molecule has 2 unspecified atom stereocenters. The van der Waals surface area contributed by atoms with E-state index in [0.29, 0.717) is 11.8 Å². The molecular formula is C36H44. The van der Waals surface area contributed by atoms with Crippen LogP contribution in [0.25, 0.3) is 11.1 Å². The van der Waals surface area contributed by atoms with Gasteiger partial charge in [0.15, 0.2) is 0 Å². The molecule has 188 valence electrons. The standard InChI is InChI=1S/2C18H22/c1-15(13-17-9-5-3-6-10-17)16(2)14-18-11-7-4-8-12-18;1-3-5-15-7-11-17(12-8-15)18-13-9-16(6-4-2)10-14-18/h3-12,15-16H,13-14H2,1-2H3;7-14H,3-6H2,1-2H3. The van der Waals surface area contributed by atoms with Gasteiger partial charge in [0.05, 0.1) is 0 Å². The molecule has 0 spiro atoms. The lowest BCUT2D eigenvalue weighted by atomic mass is 9.85. The number of hydrogen-bond acceptors (Lipinski definition) is 0. The predicted molar refractivity (Wildman–Crippen MR) is 158 cm³/mol. The molecule has 0 aliphatic rings. The van der Waals surface area contributed by atoms with Gasteiger partial charge in [0, 0.05) is 0 Å². The van der Waals surface area contributed by atoms with Crippen LogP contribution in [0.5, 0.6) is 0 Å². The van der Waals surface area contributed by atoms with Crippen LogP contribution in [-0.4, -0.2) is 0 Å². The van der Waals surface area contributed by atoms with Crippen molar-refractivity contribution in [2.45, 2.75) is 66.2 Å². The van der Waals surface area contributed by atoms with Crippen LogP contribution in [0.4, 0.5) is 0 Å². The van der Waals surface area contributed by atoms with E-state index < -0.39 is 0 Å². The van der Waals surface area contributed by atoms with Crippen molar-refractivity contribution >= 4 is 0 Å². The van der Waals surface area contributed by atoms with E-state index in [-0.39, 0.29) is 0 Å². The summed E-state index contributed by atoms with van der Waals surface area (Å²) >= 11 is 0. The first kappa shape index (κ1) is 27.5. The van der Waals surface area contributed by atoms with E-state index >= 15 is 0 Å². The van der Waals surface area contributed by atoms with Crippen LogP contribution in [0.3, 0.4) is 0 Å². The molecule has 36 heavy (non-hydrogen) atoms. The monoisotopic (exact) mass is 476 g/mol. The predicted octanol–water partition coefficient (Wildman–Crippen LogP) is 10.0. The molecule has 0 amide bonds. The molecule has 4 aromatic rings. The van der Waals surface area contributed by atoms with Gasteiger partial charge in [-0.05, 0) is 70.9 Å². The zero-order valence-corrected chi connectivity index (χ0v) is 22.8. The lowest BCUT2D eigenvalue weighted by Gasteiger charge is -2.20. The summed E-state index contributed by atoms with van der Waals surface area (Å²) in [6.07, 6.45) is 7.13. The summed E-state index contributed by atoms with van der Waals surface area (Å²) in [5.41, 5.74) is 8.40. The third-order valence-corrected chi connectivity index (χ3v) is 7.09. The summed E-state index contributed by atoms with van der Waals surface area (Å²) in [6.45, 7) is 9.17. The van der Waals surface area contributed by atoms with Crippen LogP contribution in [0.15, 0.2) is 109 Å². The summed E-state index contributed by atoms with van der Waals surface area (Å²) < 4.78 is 0.